The molecule has 72 valence electrons. The molecule has 1 nitrogen and oxygen atoms in total. The molecule has 0 fully saturated rings. The Kier molecular flexibility index (Phi) is 2.19. The van der Waals surface area contributed by atoms with Crippen LogP contribution in [0.15, 0.2) is 23.4 Å². The average molecular weight is 177 g/mol. The first-order valence-electron chi connectivity index (χ1n) is 5.40. The molecular formula is C12H19N. The molecule has 1 heterocycles. The third kappa shape index (κ3) is 1.41. The predicted octanol–water partition coefficient (Wildman–Crippen LogP) is 3.00. The maximum atomic E-state index is 3.59. The van der Waals surface area contributed by atoms with Gasteiger partial charge in [-0.05, 0) is 31.3 Å². The highest BCUT2D eigenvalue weighted by Crippen LogP contribution is 2.40. The van der Waals surface area contributed by atoms with E-state index in [9.17, 15) is 0 Å². The van der Waals surface area contributed by atoms with Gasteiger partial charge in [-0.2, -0.15) is 0 Å². The monoisotopic (exact) mass is 177 g/mol. The molecule has 0 spiro atoms. The average Bonchev–Trinajstić information content (AvgIpc) is 2.19. The number of rotatable bonds is 1. The van der Waals surface area contributed by atoms with Gasteiger partial charge in [0.1, 0.15) is 0 Å². The fourth-order valence-electron chi connectivity index (χ4n) is 2.38. The number of nitrogens with one attached hydrogen (secondary N) is 1. The second-order valence-corrected chi connectivity index (χ2v) is 4.45. The molecule has 1 unspecified atom stereocenters. The quantitative estimate of drug-likeness (QED) is 0.649. The van der Waals surface area contributed by atoms with Crippen LogP contribution < -0.4 is 5.32 Å². The highest BCUT2D eigenvalue weighted by molar-refractivity contribution is 5.35. The Morgan fingerprint density at radius 1 is 1.54 bits per heavy atom. The fourth-order valence-corrected chi connectivity index (χ4v) is 2.38. The first-order valence-corrected chi connectivity index (χ1v) is 5.40. The molecule has 0 amide bonds. The summed E-state index contributed by atoms with van der Waals surface area (Å²) in [5.74, 6) is 0. The molecule has 2 rings (SSSR count). The summed E-state index contributed by atoms with van der Waals surface area (Å²) in [6.07, 6.45) is 9.67. The number of hydrogen-bond acceptors (Lipinski definition) is 1. The SMILES string of the molecule is CCC1(C)CC=CC2=C1NCCC2. The molecule has 0 aromatic heterocycles. The van der Waals surface area contributed by atoms with E-state index in [1.54, 1.807) is 5.57 Å². The van der Waals surface area contributed by atoms with E-state index in [0.717, 1.165) is 0 Å². The molecule has 1 aliphatic heterocycles. The lowest BCUT2D eigenvalue weighted by molar-refractivity contribution is 0.342. The van der Waals surface area contributed by atoms with Crippen LogP contribution in [0.1, 0.15) is 39.5 Å². The zero-order valence-electron chi connectivity index (χ0n) is 8.69. The van der Waals surface area contributed by atoms with Crippen molar-refractivity contribution in [3.05, 3.63) is 23.4 Å². The Hall–Kier alpha value is -0.720. The summed E-state index contributed by atoms with van der Waals surface area (Å²) in [7, 11) is 0. The van der Waals surface area contributed by atoms with Gasteiger partial charge >= 0.3 is 0 Å². The molecule has 0 aromatic rings. The summed E-state index contributed by atoms with van der Waals surface area (Å²) in [6, 6.07) is 0. The van der Waals surface area contributed by atoms with Gasteiger partial charge in [0.05, 0.1) is 0 Å². The van der Waals surface area contributed by atoms with Crippen molar-refractivity contribution >= 4 is 0 Å². The van der Waals surface area contributed by atoms with Gasteiger partial charge < -0.3 is 5.32 Å². The van der Waals surface area contributed by atoms with Crippen LogP contribution in [0.25, 0.3) is 0 Å². The van der Waals surface area contributed by atoms with Gasteiger partial charge in [-0.25, -0.2) is 0 Å². The lowest BCUT2D eigenvalue weighted by atomic mass is 9.74. The van der Waals surface area contributed by atoms with Crippen molar-refractivity contribution in [2.24, 2.45) is 5.41 Å². The second kappa shape index (κ2) is 3.21. The Bertz CT molecular complexity index is 262. The van der Waals surface area contributed by atoms with Gasteiger partial charge in [0.25, 0.3) is 0 Å². The lowest BCUT2D eigenvalue weighted by Gasteiger charge is -2.37. The highest BCUT2D eigenvalue weighted by atomic mass is 14.9. The smallest absolute Gasteiger partial charge is 0.0202 e. The van der Waals surface area contributed by atoms with E-state index < -0.39 is 0 Å². The van der Waals surface area contributed by atoms with Crippen molar-refractivity contribution in [3.63, 3.8) is 0 Å². The highest BCUT2D eigenvalue weighted by Gasteiger charge is 2.31. The maximum Gasteiger partial charge on any atom is 0.0202 e. The minimum atomic E-state index is 0.393. The van der Waals surface area contributed by atoms with Crippen molar-refractivity contribution in [1.82, 2.24) is 5.32 Å². The zero-order chi connectivity index (χ0) is 9.31. The molecule has 13 heavy (non-hydrogen) atoms. The molecule has 1 aliphatic carbocycles. The van der Waals surface area contributed by atoms with Crippen LogP contribution >= 0.6 is 0 Å². The Morgan fingerprint density at radius 2 is 2.38 bits per heavy atom. The van der Waals surface area contributed by atoms with Crippen molar-refractivity contribution in [2.45, 2.75) is 39.5 Å². The third-order valence-corrected chi connectivity index (χ3v) is 3.52. The van der Waals surface area contributed by atoms with E-state index in [-0.39, 0.29) is 0 Å². The fraction of sp³-hybridized carbons (Fsp3) is 0.667. The minimum Gasteiger partial charge on any atom is -0.388 e. The van der Waals surface area contributed by atoms with Crippen LogP contribution in [0.2, 0.25) is 0 Å². The largest absolute Gasteiger partial charge is 0.388 e. The van der Waals surface area contributed by atoms with E-state index in [0.29, 0.717) is 5.41 Å². The summed E-state index contributed by atoms with van der Waals surface area (Å²) in [5, 5.41) is 3.59. The van der Waals surface area contributed by atoms with Crippen LogP contribution in [0.5, 0.6) is 0 Å². The number of allylic oxidation sites excluding steroid dienone is 4. The molecule has 0 radical (unpaired) electrons. The van der Waals surface area contributed by atoms with E-state index in [1.165, 1.54) is 37.9 Å². The van der Waals surface area contributed by atoms with E-state index in [1.807, 2.05) is 0 Å². The Balaban J connectivity index is 2.35. The van der Waals surface area contributed by atoms with Crippen molar-refractivity contribution in [3.8, 4) is 0 Å². The van der Waals surface area contributed by atoms with Crippen LogP contribution in [0.3, 0.4) is 0 Å². The summed E-state index contributed by atoms with van der Waals surface area (Å²) >= 11 is 0. The predicted molar refractivity (Wildman–Crippen MR) is 56.4 cm³/mol. The van der Waals surface area contributed by atoms with Gasteiger partial charge in [0.15, 0.2) is 0 Å². The zero-order valence-corrected chi connectivity index (χ0v) is 8.69. The molecule has 0 saturated carbocycles. The first kappa shape index (κ1) is 8.86. The van der Waals surface area contributed by atoms with Crippen LogP contribution in [0.4, 0.5) is 0 Å². The van der Waals surface area contributed by atoms with Crippen molar-refractivity contribution < 1.29 is 0 Å². The minimum absolute atomic E-state index is 0.393. The summed E-state index contributed by atoms with van der Waals surface area (Å²) in [6.45, 7) is 5.84. The van der Waals surface area contributed by atoms with Crippen molar-refractivity contribution in [1.29, 1.82) is 0 Å². The summed E-state index contributed by atoms with van der Waals surface area (Å²) in [4.78, 5) is 0. The van der Waals surface area contributed by atoms with E-state index >= 15 is 0 Å². The van der Waals surface area contributed by atoms with E-state index in [4.69, 9.17) is 0 Å². The van der Waals surface area contributed by atoms with E-state index in [2.05, 4.69) is 31.3 Å². The molecular weight excluding hydrogens is 158 g/mol. The van der Waals surface area contributed by atoms with Crippen molar-refractivity contribution in [2.75, 3.05) is 6.54 Å². The van der Waals surface area contributed by atoms with Crippen LogP contribution in [0, 0.1) is 5.41 Å². The summed E-state index contributed by atoms with van der Waals surface area (Å²) < 4.78 is 0. The Labute approximate surface area is 80.9 Å². The lowest BCUT2D eigenvalue weighted by Crippen LogP contribution is -2.34. The van der Waals surface area contributed by atoms with Gasteiger partial charge in [0, 0.05) is 17.7 Å². The summed E-state index contributed by atoms with van der Waals surface area (Å²) in [5.41, 5.74) is 3.48. The molecule has 0 saturated heterocycles. The Morgan fingerprint density at radius 3 is 3.15 bits per heavy atom. The topological polar surface area (TPSA) is 12.0 Å². The molecule has 0 bridgehead atoms. The molecule has 2 aliphatic rings. The van der Waals surface area contributed by atoms with Gasteiger partial charge in [-0.3, -0.25) is 0 Å². The second-order valence-electron chi connectivity index (χ2n) is 4.45. The first-order chi connectivity index (χ1) is 6.26. The standard InChI is InChI=1S/C12H19N/c1-3-12(2)8-4-6-10-7-5-9-13-11(10)12/h4,6,13H,3,5,7-9H2,1-2H3. The van der Waals surface area contributed by atoms with Gasteiger partial charge in [-0.1, -0.05) is 26.0 Å². The van der Waals surface area contributed by atoms with Gasteiger partial charge in [0.2, 0.25) is 0 Å². The van der Waals surface area contributed by atoms with Crippen LogP contribution in [-0.4, -0.2) is 6.54 Å². The van der Waals surface area contributed by atoms with Gasteiger partial charge in [-0.15, -0.1) is 0 Å². The third-order valence-electron chi connectivity index (χ3n) is 3.52. The van der Waals surface area contributed by atoms with Crippen LogP contribution in [-0.2, 0) is 0 Å². The maximum absolute atomic E-state index is 3.59. The molecule has 1 heteroatoms. The molecule has 1 N–H and O–H groups in total. The molecule has 0 aromatic carbocycles. The molecule has 1 atom stereocenters. The normalized spacial score (nSPS) is 32.8. The number of hydrogen-bond donors (Lipinski definition) is 1.